The Morgan fingerprint density at radius 1 is 0.435 bits per heavy atom. The quantitative estimate of drug-likeness (QED) is 0.0549. The third kappa shape index (κ3) is 38.8. The van der Waals surface area contributed by atoms with Crippen LogP contribution in [0.15, 0.2) is 36.6 Å². The molecule has 0 aromatic carbocycles. The van der Waals surface area contributed by atoms with E-state index in [-0.39, 0.29) is 6.61 Å². The maximum absolute atomic E-state index is 8.58. The van der Waals surface area contributed by atoms with E-state index in [4.69, 9.17) is 52.5 Å². The Balaban J connectivity index is 3.22. The number of allylic oxidation sites excluding steroid dienone is 3. The molecule has 0 amide bonds. The molecule has 0 heterocycles. The molecular weight excluding hydrogens is 596 g/mol. The molecular formula is C35H66O11. The number of ether oxygens (including phenoxy) is 10. The summed E-state index contributed by atoms with van der Waals surface area (Å²) in [4.78, 5) is 0. The number of hydrogen-bond acceptors (Lipinski definition) is 11. The maximum atomic E-state index is 8.58. The zero-order valence-electron chi connectivity index (χ0n) is 28.9. The third-order valence-corrected chi connectivity index (χ3v) is 6.33. The average Bonchev–Trinajstić information content (AvgIpc) is 3.06. The first kappa shape index (κ1) is 44.6. The zero-order valence-corrected chi connectivity index (χ0v) is 28.9. The zero-order chi connectivity index (χ0) is 33.4. The monoisotopic (exact) mass is 662 g/mol. The molecule has 11 nitrogen and oxygen atoms in total. The minimum Gasteiger partial charge on any atom is -0.492 e. The highest BCUT2D eigenvalue weighted by Gasteiger charge is 1.97. The van der Waals surface area contributed by atoms with Gasteiger partial charge in [-0.05, 0) is 18.9 Å². The van der Waals surface area contributed by atoms with Gasteiger partial charge in [-0.25, -0.2) is 0 Å². The van der Waals surface area contributed by atoms with Crippen molar-refractivity contribution in [3.63, 3.8) is 0 Å². The molecule has 0 saturated carbocycles. The first-order valence-corrected chi connectivity index (χ1v) is 17.2. The standard InChI is InChI=1S/C35H66O11/c1-4-5-6-7-8-9-10-11-34(2)12-13-35(3)46-33-32-45-31-30-44-29-28-43-27-26-42-25-24-41-23-22-40-21-20-39-19-18-38-17-16-37-15-14-36/h12-13,36H,2-11,14-33H2,1H3. The van der Waals surface area contributed by atoms with E-state index in [1.54, 1.807) is 0 Å². The molecule has 0 atom stereocenters. The fraction of sp³-hybridized carbons (Fsp3) is 0.829. The van der Waals surface area contributed by atoms with Crippen molar-refractivity contribution >= 4 is 0 Å². The van der Waals surface area contributed by atoms with Crippen LogP contribution in [0.25, 0.3) is 0 Å². The van der Waals surface area contributed by atoms with Crippen LogP contribution in [-0.4, -0.2) is 137 Å². The van der Waals surface area contributed by atoms with Crippen molar-refractivity contribution in [3.05, 3.63) is 36.6 Å². The molecule has 0 aromatic heterocycles. The molecule has 0 fully saturated rings. The molecule has 0 bridgehead atoms. The molecule has 0 aliphatic rings. The van der Waals surface area contributed by atoms with Crippen LogP contribution in [-0.2, 0) is 47.4 Å². The summed E-state index contributed by atoms with van der Waals surface area (Å²) in [7, 11) is 0. The van der Waals surface area contributed by atoms with E-state index in [2.05, 4.69) is 20.1 Å². The number of unbranched alkanes of at least 4 members (excludes halogenated alkanes) is 6. The van der Waals surface area contributed by atoms with Crippen LogP contribution >= 0.6 is 0 Å². The van der Waals surface area contributed by atoms with Crippen molar-refractivity contribution in [1.82, 2.24) is 0 Å². The molecule has 0 spiro atoms. The van der Waals surface area contributed by atoms with Crippen molar-refractivity contribution in [2.24, 2.45) is 0 Å². The Labute approximate surface area is 279 Å². The van der Waals surface area contributed by atoms with Crippen molar-refractivity contribution in [2.75, 3.05) is 132 Å². The van der Waals surface area contributed by atoms with Gasteiger partial charge in [0.2, 0.25) is 0 Å². The molecule has 46 heavy (non-hydrogen) atoms. The lowest BCUT2D eigenvalue weighted by atomic mass is 10.1. The van der Waals surface area contributed by atoms with Gasteiger partial charge in [0.05, 0.1) is 126 Å². The summed E-state index contributed by atoms with van der Waals surface area (Å²) in [6, 6.07) is 0. The summed E-state index contributed by atoms with van der Waals surface area (Å²) in [5.74, 6) is 0.620. The van der Waals surface area contributed by atoms with Crippen LogP contribution in [0, 0.1) is 0 Å². The second kappa shape index (κ2) is 39.8. The molecule has 0 aliphatic heterocycles. The van der Waals surface area contributed by atoms with Gasteiger partial charge in [0.1, 0.15) is 12.4 Å². The van der Waals surface area contributed by atoms with Gasteiger partial charge < -0.3 is 52.5 Å². The van der Waals surface area contributed by atoms with Gasteiger partial charge >= 0.3 is 0 Å². The highest BCUT2D eigenvalue weighted by atomic mass is 16.6. The predicted molar refractivity (Wildman–Crippen MR) is 180 cm³/mol. The average molecular weight is 663 g/mol. The lowest BCUT2D eigenvalue weighted by molar-refractivity contribution is -0.0261. The van der Waals surface area contributed by atoms with Crippen LogP contribution < -0.4 is 0 Å². The SMILES string of the molecule is C=C(C=CC(=C)OCCOCCOCCOCCOCCOCCOCCOCCOCCOCCO)CCCCCCCCC. The van der Waals surface area contributed by atoms with Crippen LogP contribution in [0.2, 0.25) is 0 Å². The van der Waals surface area contributed by atoms with Crippen LogP contribution in [0.5, 0.6) is 0 Å². The molecule has 0 rings (SSSR count). The van der Waals surface area contributed by atoms with Crippen molar-refractivity contribution in [1.29, 1.82) is 0 Å². The highest BCUT2D eigenvalue weighted by molar-refractivity contribution is 5.21. The second-order valence-corrected chi connectivity index (χ2v) is 10.4. The van der Waals surface area contributed by atoms with Gasteiger partial charge in [0, 0.05) is 0 Å². The lowest BCUT2D eigenvalue weighted by Crippen LogP contribution is -2.15. The molecule has 0 aromatic rings. The Morgan fingerprint density at radius 2 is 0.761 bits per heavy atom. The normalized spacial score (nSPS) is 11.5. The van der Waals surface area contributed by atoms with Crippen molar-refractivity contribution in [2.45, 2.75) is 58.3 Å². The fourth-order valence-electron chi connectivity index (χ4n) is 3.81. The maximum Gasteiger partial charge on any atom is 0.112 e. The summed E-state index contributed by atoms with van der Waals surface area (Å²) in [6.07, 6.45) is 14.0. The molecule has 272 valence electrons. The molecule has 0 unspecified atom stereocenters. The van der Waals surface area contributed by atoms with E-state index in [1.165, 1.54) is 44.9 Å². The molecule has 0 radical (unpaired) electrons. The smallest absolute Gasteiger partial charge is 0.112 e. The lowest BCUT2D eigenvalue weighted by Gasteiger charge is -2.09. The van der Waals surface area contributed by atoms with E-state index in [9.17, 15) is 0 Å². The van der Waals surface area contributed by atoms with Gasteiger partial charge in [0.15, 0.2) is 0 Å². The number of hydrogen-bond donors (Lipinski definition) is 1. The van der Waals surface area contributed by atoms with E-state index in [0.717, 1.165) is 12.0 Å². The number of aliphatic hydroxyl groups is 1. The Bertz CT molecular complexity index is 660. The van der Waals surface area contributed by atoms with Crippen molar-refractivity contribution < 1.29 is 52.5 Å². The topological polar surface area (TPSA) is 113 Å². The Morgan fingerprint density at radius 3 is 1.13 bits per heavy atom. The van der Waals surface area contributed by atoms with Gasteiger partial charge in [-0.1, -0.05) is 70.3 Å². The largest absolute Gasteiger partial charge is 0.492 e. The van der Waals surface area contributed by atoms with Crippen LogP contribution in [0.4, 0.5) is 0 Å². The predicted octanol–water partition coefficient (Wildman–Crippen LogP) is 4.91. The summed E-state index contributed by atoms with van der Waals surface area (Å²) in [5, 5.41) is 8.58. The molecule has 0 saturated heterocycles. The van der Waals surface area contributed by atoms with Crippen LogP contribution in [0.1, 0.15) is 58.3 Å². The van der Waals surface area contributed by atoms with Gasteiger partial charge in [0.25, 0.3) is 0 Å². The second-order valence-electron chi connectivity index (χ2n) is 10.4. The minimum atomic E-state index is 0.0264. The van der Waals surface area contributed by atoms with E-state index < -0.39 is 0 Å². The molecule has 1 N–H and O–H groups in total. The Hall–Kier alpha value is -1.38. The summed E-state index contributed by atoms with van der Waals surface area (Å²) >= 11 is 0. The van der Waals surface area contributed by atoms with E-state index in [1.807, 2.05) is 12.2 Å². The molecule has 0 aliphatic carbocycles. The number of aliphatic hydroxyl groups excluding tert-OH is 1. The highest BCUT2D eigenvalue weighted by Crippen LogP contribution is 2.12. The molecule has 11 heteroatoms. The fourth-order valence-corrected chi connectivity index (χ4v) is 3.81. The number of rotatable bonds is 40. The Kier molecular flexibility index (Phi) is 38.6. The van der Waals surface area contributed by atoms with Gasteiger partial charge in [-0.15, -0.1) is 0 Å². The van der Waals surface area contributed by atoms with Crippen molar-refractivity contribution in [3.8, 4) is 0 Å². The van der Waals surface area contributed by atoms with Crippen LogP contribution in [0.3, 0.4) is 0 Å². The van der Waals surface area contributed by atoms with Gasteiger partial charge in [-0.3, -0.25) is 0 Å². The van der Waals surface area contributed by atoms with E-state index in [0.29, 0.717) is 131 Å². The summed E-state index contributed by atoms with van der Waals surface area (Å²) in [5.41, 5.74) is 1.11. The minimum absolute atomic E-state index is 0.0264. The summed E-state index contributed by atoms with van der Waals surface area (Å²) < 4.78 is 54.3. The van der Waals surface area contributed by atoms with Gasteiger partial charge in [-0.2, -0.15) is 0 Å². The summed E-state index contributed by atoms with van der Waals surface area (Å²) in [6.45, 7) is 19.6. The third-order valence-electron chi connectivity index (χ3n) is 6.33. The first-order chi connectivity index (χ1) is 22.7. The van der Waals surface area contributed by atoms with E-state index >= 15 is 0 Å². The first-order valence-electron chi connectivity index (χ1n) is 17.2.